The van der Waals surface area contributed by atoms with Crippen LogP contribution in [0.5, 0.6) is 5.75 Å². The fourth-order valence-electron chi connectivity index (χ4n) is 1.74. The standard InChI is InChI=1S/C15H15ClN2O2/c1-2-20-12-5-3-4-11(9-12)18-15(19)13-7-6-10(17)8-14(13)16/h3-9H,2,17H2,1H3,(H,18,19). The van der Waals surface area contributed by atoms with Gasteiger partial charge in [-0.2, -0.15) is 0 Å². The van der Waals surface area contributed by atoms with Crippen molar-refractivity contribution in [1.29, 1.82) is 0 Å². The zero-order chi connectivity index (χ0) is 14.5. The molecule has 0 aromatic heterocycles. The van der Waals surface area contributed by atoms with Crippen LogP contribution in [0.1, 0.15) is 17.3 Å². The molecule has 2 aromatic carbocycles. The molecule has 104 valence electrons. The number of rotatable bonds is 4. The number of anilines is 2. The SMILES string of the molecule is CCOc1cccc(NC(=O)c2ccc(N)cc2Cl)c1. The van der Waals surface area contributed by atoms with Crippen molar-refractivity contribution in [3.8, 4) is 5.75 Å². The summed E-state index contributed by atoms with van der Waals surface area (Å²) in [6.45, 7) is 2.47. The zero-order valence-corrected chi connectivity index (χ0v) is 11.8. The molecule has 0 aliphatic rings. The summed E-state index contributed by atoms with van der Waals surface area (Å²) < 4.78 is 5.38. The summed E-state index contributed by atoms with van der Waals surface area (Å²) in [6, 6.07) is 12.0. The van der Waals surface area contributed by atoms with Crippen LogP contribution in [-0.2, 0) is 0 Å². The summed E-state index contributed by atoms with van der Waals surface area (Å²) in [5, 5.41) is 3.10. The Labute approximate surface area is 122 Å². The maximum Gasteiger partial charge on any atom is 0.257 e. The first-order valence-corrected chi connectivity index (χ1v) is 6.57. The fourth-order valence-corrected chi connectivity index (χ4v) is 2.02. The molecule has 0 radical (unpaired) electrons. The molecule has 0 aliphatic heterocycles. The first-order chi connectivity index (χ1) is 9.60. The van der Waals surface area contributed by atoms with Crippen LogP contribution in [0.2, 0.25) is 5.02 Å². The molecule has 0 fully saturated rings. The van der Waals surface area contributed by atoms with Crippen molar-refractivity contribution < 1.29 is 9.53 Å². The van der Waals surface area contributed by atoms with E-state index in [4.69, 9.17) is 22.1 Å². The van der Waals surface area contributed by atoms with Gasteiger partial charge in [0.2, 0.25) is 0 Å². The van der Waals surface area contributed by atoms with Crippen molar-refractivity contribution in [1.82, 2.24) is 0 Å². The third kappa shape index (κ3) is 3.42. The quantitative estimate of drug-likeness (QED) is 0.846. The van der Waals surface area contributed by atoms with Gasteiger partial charge >= 0.3 is 0 Å². The van der Waals surface area contributed by atoms with Crippen molar-refractivity contribution in [2.45, 2.75) is 6.92 Å². The minimum Gasteiger partial charge on any atom is -0.494 e. The Balaban J connectivity index is 2.17. The van der Waals surface area contributed by atoms with Gasteiger partial charge in [-0.15, -0.1) is 0 Å². The van der Waals surface area contributed by atoms with Gasteiger partial charge in [-0.25, -0.2) is 0 Å². The third-order valence-corrected chi connectivity index (χ3v) is 2.95. The number of carbonyl (C=O) groups excluding carboxylic acids is 1. The topological polar surface area (TPSA) is 64.3 Å². The lowest BCUT2D eigenvalue weighted by molar-refractivity contribution is 0.102. The van der Waals surface area contributed by atoms with Crippen LogP contribution in [0, 0.1) is 0 Å². The predicted octanol–water partition coefficient (Wildman–Crippen LogP) is 3.57. The number of ether oxygens (including phenoxy) is 1. The van der Waals surface area contributed by atoms with E-state index in [2.05, 4.69) is 5.32 Å². The number of hydrogen-bond donors (Lipinski definition) is 2. The highest BCUT2D eigenvalue weighted by Gasteiger charge is 2.11. The second-order valence-electron chi connectivity index (χ2n) is 4.15. The van der Waals surface area contributed by atoms with Crippen molar-refractivity contribution in [2.24, 2.45) is 0 Å². The van der Waals surface area contributed by atoms with Crippen molar-refractivity contribution in [3.05, 3.63) is 53.1 Å². The molecule has 0 saturated heterocycles. The molecule has 4 nitrogen and oxygen atoms in total. The first kappa shape index (κ1) is 14.2. The Morgan fingerprint density at radius 3 is 2.80 bits per heavy atom. The van der Waals surface area contributed by atoms with Gasteiger partial charge in [0.15, 0.2) is 0 Å². The van der Waals surface area contributed by atoms with E-state index < -0.39 is 0 Å². The number of hydrogen-bond acceptors (Lipinski definition) is 3. The van der Waals surface area contributed by atoms with Gasteiger partial charge in [-0.3, -0.25) is 4.79 Å². The molecule has 2 aromatic rings. The summed E-state index contributed by atoms with van der Waals surface area (Å²) in [7, 11) is 0. The van der Waals surface area contributed by atoms with Gasteiger partial charge in [-0.1, -0.05) is 17.7 Å². The highest BCUT2D eigenvalue weighted by molar-refractivity contribution is 6.34. The number of nitrogens with two attached hydrogens (primary N) is 1. The largest absolute Gasteiger partial charge is 0.494 e. The number of carbonyl (C=O) groups is 1. The molecule has 0 unspecified atom stereocenters. The van der Waals surface area contributed by atoms with E-state index in [1.807, 2.05) is 19.1 Å². The second-order valence-corrected chi connectivity index (χ2v) is 4.56. The Morgan fingerprint density at radius 1 is 1.30 bits per heavy atom. The van der Waals surface area contributed by atoms with Crippen molar-refractivity contribution >= 4 is 28.9 Å². The number of benzene rings is 2. The van der Waals surface area contributed by atoms with E-state index in [1.165, 1.54) is 0 Å². The smallest absolute Gasteiger partial charge is 0.257 e. The van der Waals surface area contributed by atoms with E-state index in [9.17, 15) is 4.79 Å². The van der Waals surface area contributed by atoms with Crippen LogP contribution in [-0.4, -0.2) is 12.5 Å². The van der Waals surface area contributed by atoms with Crippen LogP contribution in [0.25, 0.3) is 0 Å². The third-order valence-electron chi connectivity index (χ3n) is 2.64. The summed E-state index contributed by atoms with van der Waals surface area (Å²) in [4.78, 5) is 12.1. The predicted molar refractivity (Wildman–Crippen MR) is 81.4 cm³/mol. The molecular weight excluding hydrogens is 276 g/mol. The van der Waals surface area contributed by atoms with Crippen LogP contribution >= 0.6 is 11.6 Å². The van der Waals surface area contributed by atoms with Crippen LogP contribution in [0.15, 0.2) is 42.5 Å². The molecule has 0 bridgehead atoms. The maximum absolute atomic E-state index is 12.1. The average Bonchev–Trinajstić information content (AvgIpc) is 2.39. The van der Waals surface area contributed by atoms with Crippen LogP contribution in [0.4, 0.5) is 11.4 Å². The highest BCUT2D eigenvalue weighted by Crippen LogP contribution is 2.22. The number of halogens is 1. The van der Waals surface area contributed by atoms with Gasteiger partial charge in [0.1, 0.15) is 5.75 Å². The molecule has 2 rings (SSSR count). The van der Waals surface area contributed by atoms with E-state index in [0.29, 0.717) is 34.3 Å². The molecule has 20 heavy (non-hydrogen) atoms. The lowest BCUT2D eigenvalue weighted by atomic mass is 10.2. The molecule has 0 spiro atoms. The lowest BCUT2D eigenvalue weighted by Crippen LogP contribution is -2.12. The Hall–Kier alpha value is -2.20. The number of amides is 1. The molecule has 1 amide bonds. The van der Waals surface area contributed by atoms with Gasteiger partial charge in [-0.05, 0) is 37.3 Å². The summed E-state index contributed by atoms with van der Waals surface area (Å²) in [6.07, 6.45) is 0. The summed E-state index contributed by atoms with van der Waals surface area (Å²) in [5.74, 6) is 0.414. The zero-order valence-electron chi connectivity index (χ0n) is 11.0. The normalized spacial score (nSPS) is 10.1. The van der Waals surface area contributed by atoms with Crippen LogP contribution in [0.3, 0.4) is 0 Å². The minimum atomic E-state index is -0.288. The van der Waals surface area contributed by atoms with E-state index in [1.54, 1.807) is 30.3 Å². The Morgan fingerprint density at radius 2 is 2.10 bits per heavy atom. The highest BCUT2D eigenvalue weighted by atomic mass is 35.5. The summed E-state index contributed by atoms with van der Waals surface area (Å²) >= 11 is 6.01. The molecule has 0 aliphatic carbocycles. The van der Waals surface area contributed by atoms with Crippen molar-refractivity contribution in [3.63, 3.8) is 0 Å². The van der Waals surface area contributed by atoms with E-state index in [-0.39, 0.29) is 5.91 Å². The maximum atomic E-state index is 12.1. The second kappa shape index (κ2) is 6.30. The van der Waals surface area contributed by atoms with Crippen LogP contribution < -0.4 is 15.8 Å². The monoisotopic (exact) mass is 290 g/mol. The summed E-state index contributed by atoms with van der Waals surface area (Å²) in [5.41, 5.74) is 7.14. The van der Waals surface area contributed by atoms with Crippen molar-refractivity contribution in [2.75, 3.05) is 17.7 Å². The Bertz CT molecular complexity index is 629. The molecule has 0 atom stereocenters. The lowest BCUT2D eigenvalue weighted by Gasteiger charge is -2.09. The van der Waals surface area contributed by atoms with Gasteiger partial charge in [0, 0.05) is 17.4 Å². The molecular formula is C15H15ClN2O2. The fraction of sp³-hybridized carbons (Fsp3) is 0.133. The molecule has 0 saturated carbocycles. The van der Waals surface area contributed by atoms with Gasteiger partial charge < -0.3 is 15.8 Å². The molecule has 3 N–H and O–H groups in total. The minimum absolute atomic E-state index is 0.288. The first-order valence-electron chi connectivity index (χ1n) is 6.19. The number of nitrogens with one attached hydrogen (secondary N) is 1. The Kier molecular flexibility index (Phi) is 4.48. The molecule has 0 heterocycles. The number of nitrogen functional groups attached to an aromatic ring is 1. The molecule has 5 heteroatoms. The van der Waals surface area contributed by atoms with E-state index in [0.717, 1.165) is 0 Å². The van der Waals surface area contributed by atoms with E-state index >= 15 is 0 Å². The van der Waals surface area contributed by atoms with Gasteiger partial charge in [0.05, 0.1) is 17.2 Å². The average molecular weight is 291 g/mol. The van der Waals surface area contributed by atoms with Gasteiger partial charge in [0.25, 0.3) is 5.91 Å².